The van der Waals surface area contributed by atoms with Crippen LogP contribution >= 0.6 is 0 Å². The first-order valence-corrected chi connectivity index (χ1v) is 26.4. The Labute approximate surface area is 390 Å². The predicted octanol–water partition coefficient (Wildman–Crippen LogP) is 9.95. The fraction of sp³-hybridized carbons (Fsp3) is 0.868. The molecular weight excluding hydrogens is 811 g/mol. The van der Waals surface area contributed by atoms with Crippen LogP contribution in [0.4, 0.5) is 0 Å². The van der Waals surface area contributed by atoms with E-state index in [9.17, 15) is 40.5 Å². The van der Waals surface area contributed by atoms with Gasteiger partial charge in [-0.3, -0.25) is 4.79 Å². The second-order valence-corrected chi connectivity index (χ2v) is 18.6. The third-order valence-corrected chi connectivity index (χ3v) is 12.7. The Bertz CT molecular complexity index is 1130. The summed E-state index contributed by atoms with van der Waals surface area (Å²) in [4.78, 5) is 13.1. The lowest BCUT2D eigenvalue weighted by Gasteiger charge is -2.40. The van der Waals surface area contributed by atoms with Crippen LogP contribution in [0.25, 0.3) is 0 Å². The summed E-state index contributed by atoms with van der Waals surface area (Å²) in [5.41, 5.74) is 0. The highest BCUT2D eigenvalue weighted by molar-refractivity contribution is 5.80. The molecule has 1 rings (SSSR count). The number of ether oxygens (including phenoxy) is 2. The molecule has 11 nitrogen and oxygen atoms in total. The minimum atomic E-state index is -1.67. The summed E-state index contributed by atoms with van der Waals surface area (Å²) in [5.74, 6) is -0.714. The van der Waals surface area contributed by atoms with Crippen LogP contribution in [-0.2, 0) is 14.3 Å². The Morgan fingerprint density at radius 1 is 0.547 bits per heavy atom. The van der Waals surface area contributed by atoms with Crippen molar-refractivity contribution in [2.24, 2.45) is 0 Å². The molecule has 0 aliphatic carbocycles. The summed E-state index contributed by atoms with van der Waals surface area (Å²) in [6.45, 7) is 3.43. The quantitative estimate of drug-likeness (QED) is 0.0216. The Balaban J connectivity index is 2.39. The summed E-state index contributed by atoms with van der Waals surface area (Å²) >= 11 is 0. The van der Waals surface area contributed by atoms with Gasteiger partial charge in [-0.05, 0) is 70.6 Å². The van der Waals surface area contributed by atoms with Crippen molar-refractivity contribution in [2.75, 3.05) is 13.2 Å². The molecule has 0 aromatic rings. The highest BCUT2D eigenvalue weighted by Crippen LogP contribution is 2.23. The normalized spacial score (nSPS) is 21.3. The zero-order valence-corrected chi connectivity index (χ0v) is 40.8. The van der Waals surface area contributed by atoms with Gasteiger partial charge in [-0.25, -0.2) is 0 Å². The second kappa shape index (κ2) is 42.7. The molecule has 1 heterocycles. The van der Waals surface area contributed by atoms with Gasteiger partial charge < -0.3 is 50.5 Å². The van der Waals surface area contributed by atoms with E-state index < -0.39 is 74.2 Å². The molecule has 9 atom stereocenters. The maximum atomic E-state index is 13.1. The van der Waals surface area contributed by atoms with Crippen LogP contribution in [0.15, 0.2) is 36.5 Å². The lowest BCUT2D eigenvalue weighted by atomic mass is 9.98. The first-order valence-electron chi connectivity index (χ1n) is 26.4. The van der Waals surface area contributed by atoms with E-state index >= 15 is 0 Å². The van der Waals surface area contributed by atoms with Crippen LogP contribution < -0.4 is 5.32 Å². The minimum Gasteiger partial charge on any atom is -0.394 e. The van der Waals surface area contributed by atoms with E-state index in [1.54, 1.807) is 0 Å². The fourth-order valence-corrected chi connectivity index (χ4v) is 8.29. The van der Waals surface area contributed by atoms with Gasteiger partial charge in [0.25, 0.3) is 0 Å². The highest BCUT2D eigenvalue weighted by Gasteiger charge is 2.44. The zero-order chi connectivity index (χ0) is 46.9. The number of aliphatic hydroxyl groups excluding tert-OH is 7. The molecule has 0 aromatic carbocycles. The van der Waals surface area contributed by atoms with E-state index in [-0.39, 0.29) is 12.8 Å². The molecule has 9 unspecified atom stereocenters. The SMILES string of the molecule is CCCCCCCCCCC/C=C\C/C=C\CCCCCCCCC(O)C(=O)NC(COC1OC(CO)C(O)C(O)C1O)C(O)C(O)CCC/C=C/CCCCCCCCCCCC. The number of hydrogen-bond donors (Lipinski definition) is 8. The van der Waals surface area contributed by atoms with E-state index in [4.69, 9.17) is 9.47 Å². The molecule has 11 heteroatoms. The number of carbonyl (C=O) groups is 1. The number of amides is 1. The third-order valence-electron chi connectivity index (χ3n) is 12.7. The molecule has 1 aliphatic rings. The van der Waals surface area contributed by atoms with Gasteiger partial charge in [-0.1, -0.05) is 192 Å². The lowest BCUT2D eigenvalue weighted by Crippen LogP contribution is -2.60. The minimum absolute atomic E-state index is 0.242. The average molecular weight is 910 g/mol. The molecule has 8 N–H and O–H groups in total. The van der Waals surface area contributed by atoms with Gasteiger partial charge >= 0.3 is 0 Å². The Morgan fingerprint density at radius 3 is 1.44 bits per heavy atom. The topological polar surface area (TPSA) is 189 Å². The predicted molar refractivity (Wildman–Crippen MR) is 261 cm³/mol. The maximum Gasteiger partial charge on any atom is 0.249 e. The van der Waals surface area contributed by atoms with Crippen molar-refractivity contribution >= 4 is 5.91 Å². The number of nitrogens with one attached hydrogen (secondary N) is 1. The molecule has 64 heavy (non-hydrogen) atoms. The largest absolute Gasteiger partial charge is 0.394 e. The second-order valence-electron chi connectivity index (χ2n) is 18.6. The summed E-state index contributed by atoms with van der Waals surface area (Å²) in [6, 6.07) is -1.19. The lowest BCUT2D eigenvalue weighted by molar-refractivity contribution is -0.303. The van der Waals surface area contributed by atoms with Crippen LogP contribution in [-0.4, -0.2) is 110 Å². The summed E-state index contributed by atoms with van der Waals surface area (Å²) in [5, 5.41) is 75.9. The van der Waals surface area contributed by atoms with Crippen molar-refractivity contribution in [1.29, 1.82) is 0 Å². The highest BCUT2D eigenvalue weighted by atomic mass is 16.7. The third kappa shape index (κ3) is 31.3. The summed E-state index contributed by atoms with van der Waals surface area (Å²) in [6.07, 6.45) is 39.1. The molecular formula is C53H99NO10. The van der Waals surface area contributed by atoms with Gasteiger partial charge in [-0.2, -0.15) is 0 Å². The van der Waals surface area contributed by atoms with Crippen molar-refractivity contribution in [3.8, 4) is 0 Å². The van der Waals surface area contributed by atoms with E-state index in [1.807, 2.05) is 0 Å². The van der Waals surface area contributed by atoms with Crippen molar-refractivity contribution in [2.45, 2.75) is 281 Å². The monoisotopic (exact) mass is 910 g/mol. The molecule has 0 radical (unpaired) electrons. The fourth-order valence-electron chi connectivity index (χ4n) is 8.29. The van der Waals surface area contributed by atoms with Crippen molar-refractivity contribution in [1.82, 2.24) is 5.32 Å². The Hall–Kier alpha value is -1.67. The molecule has 1 aliphatic heterocycles. The van der Waals surface area contributed by atoms with Crippen LogP contribution in [0.3, 0.4) is 0 Å². The number of unbranched alkanes of at least 4 members (excludes halogenated alkanes) is 26. The summed E-state index contributed by atoms with van der Waals surface area (Å²) < 4.78 is 11.1. The van der Waals surface area contributed by atoms with Crippen LogP contribution in [0.5, 0.6) is 0 Å². The van der Waals surface area contributed by atoms with E-state index in [2.05, 4.69) is 55.6 Å². The van der Waals surface area contributed by atoms with Crippen LogP contribution in [0.2, 0.25) is 0 Å². The zero-order valence-electron chi connectivity index (χ0n) is 40.8. The van der Waals surface area contributed by atoms with Gasteiger partial charge in [0.15, 0.2) is 6.29 Å². The number of allylic oxidation sites excluding steroid dienone is 6. The van der Waals surface area contributed by atoms with Gasteiger partial charge in [0.2, 0.25) is 5.91 Å². The average Bonchev–Trinajstić information content (AvgIpc) is 3.29. The molecule has 376 valence electrons. The summed E-state index contributed by atoms with van der Waals surface area (Å²) in [7, 11) is 0. The molecule has 0 aromatic heterocycles. The van der Waals surface area contributed by atoms with E-state index in [0.717, 1.165) is 64.2 Å². The van der Waals surface area contributed by atoms with Crippen molar-refractivity contribution in [3.63, 3.8) is 0 Å². The van der Waals surface area contributed by atoms with E-state index in [0.29, 0.717) is 12.8 Å². The van der Waals surface area contributed by atoms with Gasteiger partial charge in [0, 0.05) is 0 Å². The molecule has 1 fully saturated rings. The number of hydrogen-bond acceptors (Lipinski definition) is 10. The molecule has 1 saturated heterocycles. The number of rotatable bonds is 44. The van der Waals surface area contributed by atoms with Gasteiger partial charge in [0.05, 0.1) is 25.4 Å². The van der Waals surface area contributed by atoms with E-state index in [1.165, 1.54) is 122 Å². The molecule has 1 amide bonds. The smallest absolute Gasteiger partial charge is 0.249 e. The first kappa shape index (κ1) is 60.3. The maximum absolute atomic E-state index is 13.1. The van der Waals surface area contributed by atoms with Gasteiger partial charge in [0.1, 0.15) is 36.6 Å². The van der Waals surface area contributed by atoms with Crippen molar-refractivity contribution in [3.05, 3.63) is 36.5 Å². The van der Waals surface area contributed by atoms with Crippen LogP contribution in [0, 0.1) is 0 Å². The first-order chi connectivity index (χ1) is 31.2. The number of carbonyl (C=O) groups excluding carboxylic acids is 1. The Morgan fingerprint density at radius 2 is 0.969 bits per heavy atom. The number of aliphatic hydroxyl groups is 7. The molecule has 0 bridgehead atoms. The molecule has 0 spiro atoms. The van der Waals surface area contributed by atoms with Crippen LogP contribution in [0.1, 0.15) is 226 Å². The Kier molecular flexibility index (Phi) is 40.2. The standard InChI is InChI=1S/C53H99NO10/c1-3-5-7-9-11-13-15-17-19-20-21-22-23-24-25-27-29-31-33-35-37-39-41-46(57)52(62)54-44(43-63-53-51(61)50(60)49(59)47(42-55)64-53)48(58)45(56)40-38-36-34-32-30-28-26-18-16-14-12-10-8-6-4-2/h21-22,24-25,32,34,44-51,53,55-61H,3-20,23,26-31,33,35-43H2,1-2H3,(H,54,62)/b22-21-,25-24-,34-32+. The van der Waals surface area contributed by atoms with Crippen molar-refractivity contribution < 1.29 is 50.0 Å². The van der Waals surface area contributed by atoms with Gasteiger partial charge in [-0.15, -0.1) is 0 Å². The molecule has 0 saturated carbocycles.